The first-order valence-electron chi connectivity index (χ1n) is 7.93. The molecule has 0 spiro atoms. The summed E-state index contributed by atoms with van der Waals surface area (Å²) in [7, 11) is 1.75. The minimum atomic E-state index is -0.356. The summed E-state index contributed by atoms with van der Waals surface area (Å²) >= 11 is 1.77. The molecule has 1 amide bonds. The molecule has 7 heteroatoms. The molecule has 0 unspecified atom stereocenters. The van der Waals surface area contributed by atoms with Crippen LogP contribution in [-0.4, -0.2) is 38.5 Å². The molecule has 3 N–H and O–H groups in total. The minimum Gasteiger partial charge on any atom is -0.356 e. The Morgan fingerprint density at radius 2 is 1.75 bits per heavy atom. The number of hydrogen-bond acceptors (Lipinski definition) is 3. The van der Waals surface area contributed by atoms with Crippen LogP contribution in [0.3, 0.4) is 0 Å². The highest BCUT2D eigenvalue weighted by atomic mass is 127. The highest BCUT2D eigenvalue weighted by Gasteiger charge is 2.22. The van der Waals surface area contributed by atoms with E-state index in [-0.39, 0.29) is 40.7 Å². The van der Waals surface area contributed by atoms with Crippen molar-refractivity contribution in [2.75, 3.05) is 26.7 Å². The summed E-state index contributed by atoms with van der Waals surface area (Å²) in [6.07, 6.45) is 0. The highest BCUT2D eigenvalue weighted by Crippen LogP contribution is 2.26. The van der Waals surface area contributed by atoms with E-state index in [0.717, 1.165) is 12.5 Å². The third kappa shape index (κ3) is 7.83. The monoisotopic (exact) mass is 466 g/mol. The summed E-state index contributed by atoms with van der Waals surface area (Å²) in [5.74, 6) is 0.806. The van der Waals surface area contributed by atoms with E-state index in [2.05, 4.69) is 52.3 Å². The fraction of sp³-hybridized carbons (Fsp3) is 0.647. The van der Waals surface area contributed by atoms with Crippen molar-refractivity contribution in [1.29, 1.82) is 0 Å². The Balaban J connectivity index is 0.00000529. The summed E-state index contributed by atoms with van der Waals surface area (Å²) < 4.78 is 0. The molecule has 24 heavy (non-hydrogen) atoms. The van der Waals surface area contributed by atoms with Gasteiger partial charge in [-0.2, -0.15) is 0 Å². The van der Waals surface area contributed by atoms with Crippen LogP contribution in [0.1, 0.15) is 39.5 Å². The van der Waals surface area contributed by atoms with Crippen molar-refractivity contribution in [1.82, 2.24) is 16.0 Å². The second-order valence-electron chi connectivity index (χ2n) is 7.22. The van der Waals surface area contributed by atoms with Crippen LogP contribution in [0.25, 0.3) is 0 Å². The Morgan fingerprint density at radius 1 is 1.12 bits per heavy atom. The largest absolute Gasteiger partial charge is 0.356 e. The second-order valence-corrected chi connectivity index (χ2v) is 8.17. The van der Waals surface area contributed by atoms with Gasteiger partial charge >= 0.3 is 0 Å². The maximum absolute atomic E-state index is 11.8. The molecule has 1 aromatic heterocycles. The molecule has 5 nitrogen and oxygen atoms in total. The number of halogens is 1. The second kappa shape index (κ2) is 10.2. The summed E-state index contributed by atoms with van der Waals surface area (Å²) in [5.41, 5.74) is -0.309. The molecule has 0 saturated carbocycles. The summed E-state index contributed by atoms with van der Waals surface area (Å²) in [5, 5.41) is 11.6. The zero-order valence-electron chi connectivity index (χ0n) is 15.5. The van der Waals surface area contributed by atoms with Crippen LogP contribution in [0.4, 0.5) is 0 Å². The molecule has 0 bridgehead atoms. The SMILES string of the molecule is CN=C(NCCNC(=O)C(C)(C)C)NCC(C)(C)c1cccs1.I. The van der Waals surface area contributed by atoms with E-state index in [0.29, 0.717) is 13.1 Å². The predicted octanol–water partition coefficient (Wildman–Crippen LogP) is 2.97. The molecule has 0 aliphatic heterocycles. The quantitative estimate of drug-likeness (QED) is 0.262. The van der Waals surface area contributed by atoms with E-state index < -0.39 is 0 Å². The number of rotatable bonds is 6. The van der Waals surface area contributed by atoms with Crippen molar-refractivity contribution in [2.24, 2.45) is 10.4 Å². The Bertz CT molecular complexity index is 521. The molecule has 0 aromatic carbocycles. The van der Waals surface area contributed by atoms with E-state index in [1.165, 1.54) is 4.88 Å². The number of nitrogens with zero attached hydrogens (tertiary/aromatic N) is 1. The van der Waals surface area contributed by atoms with Gasteiger partial charge in [0.1, 0.15) is 0 Å². The molecule has 0 atom stereocenters. The first-order chi connectivity index (χ1) is 10.7. The van der Waals surface area contributed by atoms with E-state index in [1.807, 2.05) is 20.8 Å². The molecule has 0 saturated heterocycles. The first kappa shape index (κ1) is 23.2. The average molecular weight is 466 g/mol. The summed E-state index contributed by atoms with van der Waals surface area (Å²) in [6, 6.07) is 4.23. The van der Waals surface area contributed by atoms with E-state index in [4.69, 9.17) is 0 Å². The van der Waals surface area contributed by atoms with Crippen molar-refractivity contribution in [3.05, 3.63) is 22.4 Å². The van der Waals surface area contributed by atoms with Crippen molar-refractivity contribution < 1.29 is 4.79 Å². The number of hydrogen-bond donors (Lipinski definition) is 3. The van der Waals surface area contributed by atoms with Gasteiger partial charge in [0, 0.05) is 42.4 Å². The van der Waals surface area contributed by atoms with Gasteiger partial charge in [-0.25, -0.2) is 0 Å². The van der Waals surface area contributed by atoms with Gasteiger partial charge < -0.3 is 16.0 Å². The minimum absolute atomic E-state index is 0. The van der Waals surface area contributed by atoms with Crippen LogP contribution in [0, 0.1) is 5.41 Å². The van der Waals surface area contributed by atoms with Gasteiger partial charge in [-0.1, -0.05) is 40.7 Å². The fourth-order valence-electron chi connectivity index (χ4n) is 1.90. The molecule has 138 valence electrons. The van der Waals surface area contributed by atoms with Gasteiger partial charge in [0.15, 0.2) is 5.96 Å². The smallest absolute Gasteiger partial charge is 0.225 e. The van der Waals surface area contributed by atoms with Crippen LogP contribution >= 0.6 is 35.3 Å². The number of thiophene rings is 1. The third-order valence-corrected chi connectivity index (χ3v) is 4.73. The molecule has 0 radical (unpaired) electrons. The first-order valence-corrected chi connectivity index (χ1v) is 8.81. The maximum atomic E-state index is 11.8. The lowest BCUT2D eigenvalue weighted by Gasteiger charge is -2.25. The summed E-state index contributed by atoms with van der Waals surface area (Å²) in [4.78, 5) is 17.4. The Hall–Kier alpha value is -0.830. The van der Waals surface area contributed by atoms with Gasteiger partial charge in [0.2, 0.25) is 5.91 Å². The van der Waals surface area contributed by atoms with E-state index >= 15 is 0 Å². The standard InChI is InChI=1S/C17H30N4OS.HI/c1-16(2,3)14(22)19-9-10-20-15(18-6)21-12-17(4,5)13-8-7-11-23-13;/h7-8,11H,9-10,12H2,1-6H3,(H,19,22)(H2,18,20,21);1H. The maximum Gasteiger partial charge on any atom is 0.225 e. The zero-order valence-corrected chi connectivity index (χ0v) is 18.7. The lowest BCUT2D eigenvalue weighted by Crippen LogP contribution is -2.46. The van der Waals surface area contributed by atoms with E-state index in [9.17, 15) is 4.79 Å². The normalized spacial score (nSPS) is 12.3. The molecular formula is C17H31IN4OS. The molecule has 0 aliphatic rings. The Morgan fingerprint density at radius 3 is 2.25 bits per heavy atom. The van der Waals surface area contributed by atoms with Crippen LogP contribution < -0.4 is 16.0 Å². The number of nitrogens with one attached hydrogen (secondary N) is 3. The van der Waals surface area contributed by atoms with Crippen LogP contribution in [-0.2, 0) is 10.2 Å². The molecular weight excluding hydrogens is 435 g/mol. The number of carbonyl (C=O) groups excluding carboxylic acids is 1. The van der Waals surface area contributed by atoms with Crippen LogP contribution in [0.2, 0.25) is 0 Å². The number of carbonyl (C=O) groups is 1. The van der Waals surface area contributed by atoms with Gasteiger partial charge in [0.25, 0.3) is 0 Å². The number of amides is 1. The lowest BCUT2D eigenvalue weighted by molar-refractivity contribution is -0.128. The third-order valence-electron chi connectivity index (χ3n) is 3.49. The molecule has 1 rings (SSSR count). The molecule has 1 heterocycles. The number of guanidine groups is 1. The molecule has 0 fully saturated rings. The van der Waals surface area contributed by atoms with Crippen LogP contribution in [0.15, 0.2) is 22.5 Å². The Kier molecular flexibility index (Phi) is 9.87. The summed E-state index contributed by atoms with van der Waals surface area (Å²) in [6.45, 7) is 12.1. The molecule has 0 aliphatic carbocycles. The van der Waals surface area contributed by atoms with Gasteiger partial charge in [-0.3, -0.25) is 9.79 Å². The molecule has 1 aromatic rings. The lowest BCUT2D eigenvalue weighted by atomic mass is 9.91. The average Bonchev–Trinajstić information content (AvgIpc) is 3.00. The van der Waals surface area contributed by atoms with Gasteiger partial charge in [0.05, 0.1) is 0 Å². The van der Waals surface area contributed by atoms with Crippen LogP contribution in [0.5, 0.6) is 0 Å². The van der Waals surface area contributed by atoms with Gasteiger partial charge in [-0.15, -0.1) is 35.3 Å². The zero-order chi connectivity index (χ0) is 17.5. The Labute approximate surface area is 167 Å². The van der Waals surface area contributed by atoms with Crippen molar-refractivity contribution in [2.45, 2.75) is 40.0 Å². The van der Waals surface area contributed by atoms with Crippen molar-refractivity contribution in [3.8, 4) is 0 Å². The highest BCUT2D eigenvalue weighted by molar-refractivity contribution is 14.0. The fourth-order valence-corrected chi connectivity index (χ4v) is 2.75. The van der Waals surface area contributed by atoms with E-state index in [1.54, 1.807) is 18.4 Å². The predicted molar refractivity (Wildman–Crippen MR) is 115 cm³/mol. The van der Waals surface area contributed by atoms with Crippen molar-refractivity contribution in [3.63, 3.8) is 0 Å². The van der Waals surface area contributed by atoms with Gasteiger partial charge in [-0.05, 0) is 11.4 Å². The topological polar surface area (TPSA) is 65.5 Å². The van der Waals surface area contributed by atoms with Crippen molar-refractivity contribution >= 4 is 47.2 Å². The number of aliphatic imine (C=N–C) groups is 1.